The number of aliphatic carboxylic acids is 2. The van der Waals surface area contributed by atoms with Crippen molar-refractivity contribution in [3.8, 4) is 0 Å². The summed E-state index contributed by atoms with van der Waals surface area (Å²) in [4.78, 5) is 28.3. The fraction of sp³-hybridized carbons (Fsp3) is 0.412. The number of nitrogens with one attached hydrogen (secondary N) is 1. The van der Waals surface area contributed by atoms with Crippen molar-refractivity contribution >= 4 is 23.7 Å². The van der Waals surface area contributed by atoms with Crippen LogP contribution in [-0.4, -0.2) is 30.9 Å². The molecule has 3 N–H and O–H groups in total. The standard InChI is InChI=1S/C7H8.C3H4N2OS.2C2H4O2.3CH4/c1-7-5-3-2-4-6-7;1-2-3(6)5-7-4-2;2*1-2(3)4;;;/h2-6H,1H3;1H3,(H,5,6);2*1H3,(H,3,4);3*1H4. The molecular weight excluding hydrogens is 344 g/mol. The van der Waals surface area contributed by atoms with Gasteiger partial charge >= 0.3 is 0 Å². The summed E-state index contributed by atoms with van der Waals surface area (Å²) in [5.74, 6) is -1.67. The van der Waals surface area contributed by atoms with Crippen LogP contribution in [0.3, 0.4) is 0 Å². The molecule has 0 spiro atoms. The maximum Gasteiger partial charge on any atom is 0.300 e. The number of hydrogen-bond acceptors (Lipinski definition) is 5. The van der Waals surface area contributed by atoms with E-state index >= 15 is 0 Å². The first kappa shape index (κ1) is 34.0. The molecule has 0 amide bonds. The summed E-state index contributed by atoms with van der Waals surface area (Å²) in [6.07, 6.45) is 0. The van der Waals surface area contributed by atoms with Crippen LogP contribution in [0.5, 0.6) is 0 Å². The van der Waals surface area contributed by atoms with Crippen LogP contribution in [0, 0.1) is 13.8 Å². The lowest BCUT2D eigenvalue weighted by Gasteiger charge is -1.82. The molecule has 0 unspecified atom stereocenters. The van der Waals surface area contributed by atoms with Crippen molar-refractivity contribution in [1.29, 1.82) is 0 Å². The third-order valence-corrected chi connectivity index (χ3v) is 2.23. The Morgan fingerprint density at radius 3 is 1.44 bits per heavy atom. The molecule has 146 valence electrons. The highest BCUT2D eigenvalue weighted by molar-refractivity contribution is 6.99. The molecule has 1 aromatic heterocycles. The van der Waals surface area contributed by atoms with Gasteiger partial charge < -0.3 is 10.2 Å². The minimum Gasteiger partial charge on any atom is -0.481 e. The van der Waals surface area contributed by atoms with Gasteiger partial charge in [0.2, 0.25) is 0 Å². The molecule has 1 heterocycles. The molecule has 0 radical (unpaired) electrons. The minimum absolute atomic E-state index is 0. The third kappa shape index (κ3) is 34.0. The lowest BCUT2D eigenvalue weighted by molar-refractivity contribution is -0.135. The van der Waals surface area contributed by atoms with Crippen molar-refractivity contribution < 1.29 is 19.8 Å². The lowest BCUT2D eigenvalue weighted by Crippen LogP contribution is -1.99. The lowest BCUT2D eigenvalue weighted by atomic mass is 10.2. The van der Waals surface area contributed by atoms with Crippen LogP contribution in [0.25, 0.3) is 0 Å². The van der Waals surface area contributed by atoms with Crippen LogP contribution in [0.1, 0.15) is 47.4 Å². The minimum atomic E-state index is -0.833. The highest BCUT2D eigenvalue weighted by atomic mass is 32.1. The molecule has 0 aliphatic rings. The molecule has 0 atom stereocenters. The van der Waals surface area contributed by atoms with Crippen LogP contribution in [0.15, 0.2) is 35.1 Å². The Labute approximate surface area is 154 Å². The summed E-state index contributed by atoms with van der Waals surface area (Å²) in [7, 11) is 0. The van der Waals surface area contributed by atoms with Gasteiger partial charge in [-0.1, -0.05) is 58.2 Å². The van der Waals surface area contributed by atoms with Gasteiger partial charge in [-0.2, -0.15) is 4.37 Å². The molecule has 0 aliphatic carbocycles. The average molecular weight is 377 g/mol. The SMILES string of the molecule is C.C.C.CC(=O)O.CC(=O)O.Cc1ccccc1.Cc1ns[nH]c1=O. The number of carbonyl (C=O) groups is 2. The molecule has 0 bridgehead atoms. The number of benzene rings is 1. The molecule has 2 aromatic rings. The van der Waals surface area contributed by atoms with Crippen molar-refractivity contribution in [2.75, 3.05) is 0 Å². The van der Waals surface area contributed by atoms with Crippen molar-refractivity contribution in [2.24, 2.45) is 0 Å². The highest BCUT2D eigenvalue weighted by Gasteiger charge is 1.89. The fourth-order valence-electron chi connectivity index (χ4n) is 0.782. The summed E-state index contributed by atoms with van der Waals surface area (Å²) >= 11 is 1.08. The number of aryl methyl sites for hydroxylation is 2. The zero-order valence-electron chi connectivity index (χ0n) is 12.9. The second-order valence-corrected chi connectivity index (χ2v) is 4.46. The Bertz CT molecular complexity index is 574. The van der Waals surface area contributed by atoms with Gasteiger partial charge in [0, 0.05) is 25.6 Å². The van der Waals surface area contributed by atoms with Gasteiger partial charge in [-0.25, -0.2) is 0 Å². The third-order valence-electron chi connectivity index (χ3n) is 1.59. The summed E-state index contributed by atoms with van der Waals surface area (Å²) in [6, 6.07) is 10.3. The second kappa shape index (κ2) is 21.5. The van der Waals surface area contributed by atoms with Crippen molar-refractivity contribution in [3.63, 3.8) is 0 Å². The maximum atomic E-state index is 10.3. The molecule has 25 heavy (non-hydrogen) atoms. The van der Waals surface area contributed by atoms with Crippen molar-refractivity contribution in [1.82, 2.24) is 8.75 Å². The normalized spacial score (nSPS) is 7.04. The number of aromatic nitrogens is 2. The van der Waals surface area contributed by atoms with E-state index in [1.54, 1.807) is 6.92 Å². The maximum absolute atomic E-state index is 10.3. The smallest absolute Gasteiger partial charge is 0.300 e. The first-order chi connectivity index (χ1) is 10.2. The monoisotopic (exact) mass is 376 g/mol. The zero-order chi connectivity index (χ0) is 17.5. The van der Waals surface area contributed by atoms with Gasteiger partial charge in [0.25, 0.3) is 17.5 Å². The Hall–Kier alpha value is -2.48. The number of aromatic amines is 1. The van der Waals surface area contributed by atoms with E-state index in [1.807, 2.05) is 18.2 Å². The first-order valence-corrected chi connectivity index (χ1v) is 6.85. The van der Waals surface area contributed by atoms with Gasteiger partial charge in [0.1, 0.15) is 5.69 Å². The molecule has 8 heteroatoms. The quantitative estimate of drug-likeness (QED) is 0.633. The van der Waals surface area contributed by atoms with Gasteiger partial charge in [-0.3, -0.25) is 18.8 Å². The molecule has 0 aliphatic heterocycles. The molecule has 0 fully saturated rings. The topological polar surface area (TPSA) is 120 Å². The van der Waals surface area contributed by atoms with Crippen LogP contribution in [0.4, 0.5) is 0 Å². The highest BCUT2D eigenvalue weighted by Crippen LogP contribution is 1.92. The zero-order valence-corrected chi connectivity index (χ0v) is 13.7. The summed E-state index contributed by atoms with van der Waals surface area (Å²) < 4.78 is 6.13. The van der Waals surface area contributed by atoms with E-state index in [9.17, 15) is 4.79 Å². The van der Waals surface area contributed by atoms with Crippen LogP contribution in [-0.2, 0) is 9.59 Å². The largest absolute Gasteiger partial charge is 0.481 e. The van der Waals surface area contributed by atoms with E-state index in [0.29, 0.717) is 5.69 Å². The van der Waals surface area contributed by atoms with E-state index < -0.39 is 11.9 Å². The van der Waals surface area contributed by atoms with Crippen LogP contribution < -0.4 is 5.56 Å². The van der Waals surface area contributed by atoms with Crippen LogP contribution >= 0.6 is 11.7 Å². The molecule has 0 saturated heterocycles. The molecule has 2 rings (SSSR count). The Morgan fingerprint density at radius 2 is 1.32 bits per heavy atom. The van der Waals surface area contributed by atoms with E-state index in [1.165, 1.54) is 5.56 Å². The Morgan fingerprint density at radius 1 is 0.960 bits per heavy atom. The number of rotatable bonds is 0. The van der Waals surface area contributed by atoms with E-state index in [0.717, 1.165) is 25.6 Å². The Kier molecular flexibility index (Phi) is 29.2. The van der Waals surface area contributed by atoms with Crippen molar-refractivity contribution in [2.45, 2.75) is 50.0 Å². The fourth-order valence-corrected chi connectivity index (χ4v) is 1.28. The summed E-state index contributed by atoms with van der Waals surface area (Å²) in [6.45, 7) is 5.93. The molecule has 7 nitrogen and oxygen atoms in total. The van der Waals surface area contributed by atoms with Gasteiger partial charge in [0.15, 0.2) is 0 Å². The van der Waals surface area contributed by atoms with E-state index in [2.05, 4.69) is 27.8 Å². The number of carboxylic acids is 2. The molecular formula is C17H32N2O5S. The van der Waals surface area contributed by atoms with E-state index in [-0.39, 0.29) is 27.8 Å². The van der Waals surface area contributed by atoms with Crippen LogP contribution in [0.2, 0.25) is 0 Å². The summed E-state index contributed by atoms with van der Waals surface area (Å²) in [5, 5.41) is 14.8. The average Bonchev–Trinajstić information content (AvgIpc) is 2.74. The molecule has 0 saturated carbocycles. The summed E-state index contributed by atoms with van der Waals surface area (Å²) in [5.41, 5.74) is 1.79. The van der Waals surface area contributed by atoms with Crippen molar-refractivity contribution in [3.05, 3.63) is 51.9 Å². The Balaban J connectivity index is -0.0000000709. The first-order valence-electron chi connectivity index (χ1n) is 6.08. The predicted molar refractivity (Wildman–Crippen MR) is 105 cm³/mol. The van der Waals surface area contributed by atoms with Gasteiger partial charge in [-0.05, 0) is 13.8 Å². The second-order valence-electron chi connectivity index (χ2n) is 3.89. The number of carboxylic acid groups (broad SMARTS) is 2. The predicted octanol–water partition coefficient (Wildman–Crippen LogP) is 4.22. The molecule has 1 aromatic carbocycles. The van der Waals surface area contributed by atoms with Gasteiger partial charge in [0.05, 0.1) is 0 Å². The number of nitrogens with zero attached hydrogens (tertiary/aromatic N) is 1. The van der Waals surface area contributed by atoms with Gasteiger partial charge in [-0.15, -0.1) is 0 Å². The van der Waals surface area contributed by atoms with E-state index in [4.69, 9.17) is 19.8 Å². The number of H-pyrrole nitrogens is 1. The number of hydrogen-bond donors (Lipinski definition) is 3.